The number of likely N-dealkylation sites (tertiary alicyclic amines) is 1. The van der Waals surface area contributed by atoms with Gasteiger partial charge in [0.25, 0.3) is 11.8 Å². The highest BCUT2D eigenvalue weighted by Gasteiger charge is 2.30. The van der Waals surface area contributed by atoms with Crippen molar-refractivity contribution in [2.45, 2.75) is 32.8 Å². The molecular weight excluding hydrogens is 316 g/mol. The molecule has 0 aliphatic carbocycles. The van der Waals surface area contributed by atoms with Crippen molar-refractivity contribution < 1.29 is 19.1 Å². The molecule has 1 N–H and O–H groups in total. The molecule has 7 heteroatoms. The summed E-state index contributed by atoms with van der Waals surface area (Å²) in [4.78, 5) is 38.4. The number of likely N-dealkylation sites (N-methyl/N-ethyl adjacent to an activating group) is 1. The maximum Gasteiger partial charge on any atom is 0.309 e. The molecule has 1 aliphatic rings. The molecular formula is C16H22N2O4S. The molecule has 126 valence electrons. The van der Waals surface area contributed by atoms with E-state index in [0.717, 1.165) is 4.88 Å². The number of carbonyl (C=O) groups is 3. The molecule has 0 bridgehead atoms. The lowest BCUT2D eigenvalue weighted by molar-refractivity contribution is -0.160. The summed E-state index contributed by atoms with van der Waals surface area (Å²) >= 11 is 1.42. The number of thiophene rings is 1. The predicted octanol–water partition coefficient (Wildman–Crippen LogP) is 1.67. The van der Waals surface area contributed by atoms with Crippen molar-refractivity contribution in [2.75, 3.05) is 19.6 Å². The second-order valence-electron chi connectivity index (χ2n) is 5.52. The fourth-order valence-electron chi connectivity index (χ4n) is 2.52. The van der Waals surface area contributed by atoms with Gasteiger partial charge in [-0.15, -0.1) is 11.3 Å². The van der Waals surface area contributed by atoms with Crippen LogP contribution in [0.5, 0.6) is 0 Å². The standard InChI is InChI=1S/C16H22N2O4S/c1-3-17-14(19)11(2)22-16(21)12-6-8-18(9-7-12)15(20)13-5-4-10-23-13/h4-5,10-12H,3,6-9H2,1-2H3,(H,17,19)/t11-/m1/s1. The van der Waals surface area contributed by atoms with E-state index < -0.39 is 6.10 Å². The van der Waals surface area contributed by atoms with E-state index in [2.05, 4.69) is 5.32 Å². The first-order chi connectivity index (χ1) is 11.0. The van der Waals surface area contributed by atoms with Crippen molar-refractivity contribution >= 4 is 29.1 Å². The van der Waals surface area contributed by atoms with Crippen molar-refractivity contribution in [3.8, 4) is 0 Å². The van der Waals surface area contributed by atoms with Crippen LogP contribution in [0.1, 0.15) is 36.4 Å². The van der Waals surface area contributed by atoms with Crippen LogP contribution in [0.3, 0.4) is 0 Å². The van der Waals surface area contributed by atoms with Gasteiger partial charge in [0.05, 0.1) is 10.8 Å². The number of amides is 2. The van der Waals surface area contributed by atoms with E-state index in [1.165, 1.54) is 11.3 Å². The van der Waals surface area contributed by atoms with Crippen LogP contribution in [0, 0.1) is 5.92 Å². The lowest BCUT2D eigenvalue weighted by atomic mass is 9.97. The number of piperidine rings is 1. The van der Waals surface area contributed by atoms with Crippen molar-refractivity contribution in [3.63, 3.8) is 0 Å². The highest BCUT2D eigenvalue weighted by atomic mass is 32.1. The quantitative estimate of drug-likeness (QED) is 0.829. The fourth-order valence-corrected chi connectivity index (χ4v) is 3.21. The van der Waals surface area contributed by atoms with E-state index in [1.807, 2.05) is 18.4 Å². The number of nitrogens with zero attached hydrogens (tertiary/aromatic N) is 1. The third-order valence-corrected chi connectivity index (χ3v) is 4.72. The van der Waals surface area contributed by atoms with Crippen LogP contribution in [0.2, 0.25) is 0 Å². The van der Waals surface area contributed by atoms with E-state index in [0.29, 0.717) is 32.5 Å². The van der Waals surface area contributed by atoms with Crippen molar-refractivity contribution in [2.24, 2.45) is 5.92 Å². The smallest absolute Gasteiger partial charge is 0.309 e. The van der Waals surface area contributed by atoms with Crippen LogP contribution in [0.15, 0.2) is 17.5 Å². The summed E-state index contributed by atoms with van der Waals surface area (Å²) in [7, 11) is 0. The van der Waals surface area contributed by atoms with Gasteiger partial charge in [-0.05, 0) is 38.1 Å². The summed E-state index contributed by atoms with van der Waals surface area (Å²) in [5.74, 6) is -0.875. The molecule has 1 aliphatic heterocycles. The highest BCUT2D eigenvalue weighted by Crippen LogP contribution is 2.22. The maximum absolute atomic E-state index is 12.2. The fraction of sp³-hybridized carbons (Fsp3) is 0.562. The SMILES string of the molecule is CCNC(=O)[C@@H](C)OC(=O)C1CCN(C(=O)c2cccs2)CC1. The number of esters is 1. The molecule has 1 atom stereocenters. The van der Waals surface area contributed by atoms with Crippen molar-refractivity contribution in [1.82, 2.24) is 10.2 Å². The highest BCUT2D eigenvalue weighted by molar-refractivity contribution is 7.12. The summed E-state index contributed by atoms with van der Waals surface area (Å²) in [6.07, 6.45) is 0.351. The molecule has 6 nitrogen and oxygen atoms in total. The Kier molecular flexibility index (Phi) is 6.15. The zero-order valence-electron chi connectivity index (χ0n) is 13.4. The van der Waals surface area contributed by atoms with E-state index >= 15 is 0 Å². The van der Waals surface area contributed by atoms with Gasteiger partial charge in [-0.2, -0.15) is 0 Å². The first-order valence-electron chi connectivity index (χ1n) is 7.84. The third kappa shape index (κ3) is 4.54. The van der Waals surface area contributed by atoms with Crippen LogP contribution in [-0.4, -0.2) is 48.4 Å². The van der Waals surface area contributed by atoms with E-state index in [9.17, 15) is 14.4 Å². The molecule has 0 saturated carbocycles. The Morgan fingerprint density at radius 2 is 2.09 bits per heavy atom. The predicted molar refractivity (Wildman–Crippen MR) is 87.2 cm³/mol. The van der Waals surface area contributed by atoms with Crippen LogP contribution in [-0.2, 0) is 14.3 Å². The van der Waals surface area contributed by atoms with Gasteiger partial charge >= 0.3 is 5.97 Å². The summed E-state index contributed by atoms with van der Waals surface area (Å²) in [6, 6.07) is 3.66. The molecule has 1 fully saturated rings. The topological polar surface area (TPSA) is 75.7 Å². The van der Waals surface area contributed by atoms with Crippen molar-refractivity contribution in [3.05, 3.63) is 22.4 Å². The Bertz CT molecular complexity index is 550. The minimum Gasteiger partial charge on any atom is -0.452 e. The molecule has 2 heterocycles. The number of hydrogen-bond donors (Lipinski definition) is 1. The molecule has 1 aromatic rings. The Labute approximate surface area is 139 Å². The average Bonchev–Trinajstić information content (AvgIpc) is 3.09. The van der Waals surface area contributed by atoms with Crippen molar-refractivity contribution in [1.29, 1.82) is 0 Å². The van der Waals surface area contributed by atoms with Gasteiger partial charge < -0.3 is 15.0 Å². The van der Waals surface area contributed by atoms with E-state index in [-0.39, 0.29) is 23.7 Å². The summed E-state index contributed by atoms with van der Waals surface area (Å²) in [6.45, 7) is 4.95. The van der Waals surface area contributed by atoms with E-state index in [4.69, 9.17) is 4.74 Å². The number of nitrogens with one attached hydrogen (secondary N) is 1. The molecule has 1 saturated heterocycles. The number of rotatable bonds is 5. The lowest BCUT2D eigenvalue weighted by Crippen LogP contribution is -2.42. The normalized spacial score (nSPS) is 16.7. The number of carbonyl (C=O) groups excluding carboxylic acids is 3. The van der Waals surface area contributed by atoms with E-state index in [1.54, 1.807) is 17.9 Å². The Hall–Kier alpha value is -1.89. The third-order valence-electron chi connectivity index (χ3n) is 3.86. The van der Waals surface area contributed by atoms with Gasteiger partial charge in [0.1, 0.15) is 0 Å². The summed E-state index contributed by atoms with van der Waals surface area (Å²) in [5, 5.41) is 4.50. The average molecular weight is 338 g/mol. The minimum atomic E-state index is -0.784. The molecule has 0 radical (unpaired) electrons. The van der Waals surface area contributed by atoms with Gasteiger partial charge in [-0.25, -0.2) is 0 Å². The lowest BCUT2D eigenvalue weighted by Gasteiger charge is -2.31. The second kappa shape index (κ2) is 8.10. The molecule has 2 amide bonds. The first kappa shape index (κ1) is 17.5. The second-order valence-corrected chi connectivity index (χ2v) is 6.47. The number of ether oxygens (including phenoxy) is 1. The Morgan fingerprint density at radius 3 is 2.65 bits per heavy atom. The zero-order chi connectivity index (χ0) is 16.8. The zero-order valence-corrected chi connectivity index (χ0v) is 14.2. The molecule has 0 unspecified atom stereocenters. The summed E-state index contributed by atoms with van der Waals surface area (Å²) < 4.78 is 5.22. The van der Waals surface area contributed by atoms with Crippen LogP contribution < -0.4 is 5.32 Å². The molecule has 23 heavy (non-hydrogen) atoms. The Morgan fingerprint density at radius 1 is 1.39 bits per heavy atom. The van der Waals surface area contributed by atoms with Gasteiger partial charge in [0.2, 0.25) is 0 Å². The van der Waals surface area contributed by atoms with Gasteiger partial charge in [0, 0.05) is 19.6 Å². The Balaban J connectivity index is 1.81. The first-order valence-corrected chi connectivity index (χ1v) is 8.71. The van der Waals surface area contributed by atoms with Gasteiger partial charge in [-0.3, -0.25) is 14.4 Å². The summed E-state index contributed by atoms with van der Waals surface area (Å²) in [5.41, 5.74) is 0. The molecule has 0 spiro atoms. The molecule has 2 rings (SSSR count). The minimum absolute atomic E-state index is 0.0162. The maximum atomic E-state index is 12.2. The van der Waals surface area contributed by atoms with Crippen LogP contribution in [0.25, 0.3) is 0 Å². The monoisotopic (exact) mass is 338 g/mol. The van der Waals surface area contributed by atoms with Gasteiger partial charge in [0.15, 0.2) is 6.10 Å². The molecule has 0 aromatic carbocycles. The van der Waals surface area contributed by atoms with Crippen LogP contribution >= 0.6 is 11.3 Å². The largest absolute Gasteiger partial charge is 0.452 e. The number of hydrogen-bond acceptors (Lipinski definition) is 5. The molecule has 1 aromatic heterocycles. The van der Waals surface area contributed by atoms with Gasteiger partial charge in [-0.1, -0.05) is 6.07 Å². The van der Waals surface area contributed by atoms with Crippen LogP contribution in [0.4, 0.5) is 0 Å².